The van der Waals surface area contributed by atoms with E-state index in [4.69, 9.17) is 5.26 Å². The average molecular weight is 260 g/mol. The van der Waals surface area contributed by atoms with E-state index in [1.165, 1.54) is 23.8 Å². The number of nitriles is 1. The van der Waals surface area contributed by atoms with Crippen molar-refractivity contribution in [3.05, 3.63) is 57.5 Å². The Morgan fingerprint density at radius 3 is 2.94 bits per heavy atom. The predicted octanol–water partition coefficient (Wildman–Crippen LogP) is 3.09. The van der Waals surface area contributed by atoms with Gasteiger partial charge in [0.05, 0.1) is 11.6 Å². The summed E-state index contributed by atoms with van der Waals surface area (Å²) < 4.78 is 13.1. The number of hydrogen-bond acceptors (Lipinski definition) is 3. The fourth-order valence-corrected chi connectivity index (χ4v) is 2.41. The molecule has 0 atom stereocenters. The first-order chi connectivity index (χ1) is 8.79. The zero-order chi connectivity index (χ0) is 12.8. The molecule has 0 aliphatic rings. The fourth-order valence-electron chi connectivity index (χ4n) is 1.71. The molecule has 0 saturated heterocycles. The van der Waals surface area contributed by atoms with Crippen molar-refractivity contribution >= 4 is 11.3 Å². The van der Waals surface area contributed by atoms with Gasteiger partial charge in [0.2, 0.25) is 0 Å². The number of nitrogens with one attached hydrogen (secondary N) is 1. The van der Waals surface area contributed by atoms with E-state index >= 15 is 0 Å². The van der Waals surface area contributed by atoms with Crippen molar-refractivity contribution < 1.29 is 4.39 Å². The predicted molar refractivity (Wildman–Crippen MR) is 70.8 cm³/mol. The van der Waals surface area contributed by atoms with Gasteiger partial charge in [-0.15, -0.1) is 0 Å². The molecule has 1 aromatic carbocycles. The number of hydrogen-bond donors (Lipinski definition) is 1. The van der Waals surface area contributed by atoms with E-state index in [-0.39, 0.29) is 5.82 Å². The maximum atomic E-state index is 13.1. The molecule has 0 aliphatic carbocycles. The Morgan fingerprint density at radius 1 is 1.33 bits per heavy atom. The Hall–Kier alpha value is -1.70. The summed E-state index contributed by atoms with van der Waals surface area (Å²) in [7, 11) is 0. The molecule has 0 unspecified atom stereocenters. The minimum Gasteiger partial charge on any atom is -0.312 e. The minimum absolute atomic E-state index is 0.302. The second-order valence-electron chi connectivity index (χ2n) is 3.97. The summed E-state index contributed by atoms with van der Waals surface area (Å²) in [6, 6.07) is 8.41. The van der Waals surface area contributed by atoms with Gasteiger partial charge in [-0.05, 0) is 59.1 Å². The standard InChI is InChI=1S/C14H13FN2S/c15-14-2-1-12(8-16)13(7-14)9-17-5-3-11-4-6-18-10-11/h1-2,4,6-7,10,17H,3,5,9H2. The summed E-state index contributed by atoms with van der Waals surface area (Å²) in [6.45, 7) is 1.34. The first-order valence-electron chi connectivity index (χ1n) is 5.70. The summed E-state index contributed by atoms with van der Waals surface area (Å²) in [6.07, 6.45) is 0.945. The highest BCUT2D eigenvalue weighted by molar-refractivity contribution is 7.07. The highest BCUT2D eigenvalue weighted by Crippen LogP contribution is 2.10. The van der Waals surface area contributed by atoms with Gasteiger partial charge in [-0.25, -0.2) is 4.39 Å². The second kappa shape index (κ2) is 6.29. The van der Waals surface area contributed by atoms with E-state index in [2.05, 4.69) is 28.2 Å². The van der Waals surface area contributed by atoms with E-state index in [0.29, 0.717) is 17.7 Å². The third-order valence-corrected chi connectivity index (χ3v) is 3.41. The normalized spacial score (nSPS) is 10.2. The molecular formula is C14H13FN2S. The topological polar surface area (TPSA) is 35.8 Å². The largest absolute Gasteiger partial charge is 0.312 e. The maximum Gasteiger partial charge on any atom is 0.123 e. The van der Waals surface area contributed by atoms with Gasteiger partial charge < -0.3 is 5.32 Å². The highest BCUT2D eigenvalue weighted by atomic mass is 32.1. The lowest BCUT2D eigenvalue weighted by Gasteiger charge is -2.06. The molecule has 2 nitrogen and oxygen atoms in total. The number of nitrogens with zero attached hydrogens (tertiary/aromatic N) is 1. The van der Waals surface area contributed by atoms with Crippen LogP contribution in [0.25, 0.3) is 0 Å². The maximum absolute atomic E-state index is 13.1. The van der Waals surface area contributed by atoms with Gasteiger partial charge in [0.25, 0.3) is 0 Å². The highest BCUT2D eigenvalue weighted by Gasteiger charge is 2.03. The van der Waals surface area contributed by atoms with Crippen LogP contribution in [0, 0.1) is 17.1 Å². The third kappa shape index (κ3) is 3.39. The molecule has 2 aromatic rings. The molecule has 92 valence electrons. The van der Waals surface area contributed by atoms with E-state index in [1.807, 2.05) is 0 Å². The molecule has 1 aromatic heterocycles. The van der Waals surface area contributed by atoms with Crippen LogP contribution in [0.1, 0.15) is 16.7 Å². The zero-order valence-corrected chi connectivity index (χ0v) is 10.6. The molecular weight excluding hydrogens is 247 g/mol. The number of benzene rings is 1. The van der Waals surface area contributed by atoms with Gasteiger partial charge >= 0.3 is 0 Å². The molecule has 0 aliphatic heterocycles. The van der Waals surface area contributed by atoms with Crippen molar-refractivity contribution in [2.75, 3.05) is 6.54 Å². The molecule has 0 radical (unpaired) electrons. The van der Waals surface area contributed by atoms with E-state index in [1.54, 1.807) is 11.3 Å². The molecule has 4 heteroatoms. The van der Waals surface area contributed by atoms with Crippen LogP contribution in [0.4, 0.5) is 4.39 Å². The first kappa shape index (κ1) is 12.7. The van der Waals surface area contributed by atoms with Crippen molar-refractivity contribution in [2.24, 2.45) is 0 Å². The van der Waals surface area contributed by atoms with E-state index < -0.39 is 0 Å². The molecule has 0 bridgehead atoms. The van der Waals surface area contributed by atoms with Crippen LogP contribution in [0.5, 0.6) is 0 Å². The van der Waals surface area contributed by atoms with Gasteiger partial charge in [0.15, 0.2) is 0 Å². The number of thiophene rings is 1. The molecule has 0 amide bonds. The Balaban J connectivity index is 1.86. The lowest BCUT2D eigenvalue weighted by Crippen LogP contribution is -2.17. The van der Waals surface area contributed by atoms with Gasteiger partial charge in [0, 0.05) is 6.54 Å². The lowest BCUT2D eigenvalue weighted by atomic mass is 10.1. The van der Waals surface area contributed by atoms with E-state index in [9.17, 15) is 4.39 Å². The molecule has 2 rings (SSSR count). The van der Waals surface area contributed by atoms with Gasteiger partial charge in [-0.1, -0.05) is 0 Å². The van der Waals surface area contributed by atoms with Gasteiger partial charge in [-0.2, -0.15) is 16.6 Å². The molecule has 1 heterocycles. The summed E-state index contributed by atoms with van der Waals surface area (Å²) in [5.74, 6) is -0.302. The second-order valence-corrected chi connectivity index (χ2v) is 4.75. The monoisotopic (exact) mass is 260 g/mol. The Morgan fingerprint density at radius 2 is 2.22 bits per heavy atom. The quantitative estimate of drug-likeness (QED) is 0.839. The SMILES string of the molecule is N#Cc1ccc(F)cc1CNCCc1ccsc1. The summed E-state index contributed by atoms with van der Waals surface area (Å²) >= 11 is 1.68. The fraction of sp³-hybridized carbons (Fsp3) is 0.214. The van der Waals surface area contributed by atoms with Crippen molar-refractivity contribution in [1.82, 2.24) is 5.32 Å². The molecule has 1 N–H and O–H groups in total. The van der Waals surface area contributed by atoms with Gasteiger partial charge in [-0.3, -0.25) is 0 Å². The minimum atomic E-state index is -0.302. The third-order valence-electron chi connectivity index (χ3n) is 2.67. The summed E-state index contributed by atoms with van der Waals surface area (Å²) in [5.41, 5.74) is 2.54. The Kier molecular flexibility index (Phi) is 4.46. The Labute approximate surface area is 110 Å². The molecule has 0 spiro atoms. The van der Waals surface area contributed by atoms with Crippen LogP contribution in [0.3, 0.4) is 0 Å². The molecule has 0 saturated carbocycles. The van der Waals surface area contributed by atoms with Gasteiger partial charge in [0.1, 0.15) is 5.82 Å². The van der Waals surface area contributed by atoms with Crippen LogP contribution in [0.15, 0.2) is 35.0 Å². The van der Waals surface area contributed by atoms with Crippen LogP contribution in [-0.4, -0.2) is 6.54 Å². The molecule has 0 fully saturated rings. The van der Waals surface area contributed by atoms with Crippen LogP contribution in [-0.2, 0) is 13.0 Å². The molecule has 18 heavy (non-hydrogen) atoms. The number of halogens is 1. The lowest BCUT2D eigenvalue weighted by molar-refractivity contribution is 0.619. The number of rotatable bonds is 5. The van der Waals surface area contributed by atoms with Crippen molar-refractivity contribution in [3.63, 3.8) is 0 Å². The van der Waals surface area contributed by atoms with Crippen molar-refractivity contribution in [3.8, 4) is 6.07 Å². The van der Waals surface area contributed by atoms with Crippen LogP contribution < -0.4 is 5.32 Å². The summed E-state index contributed by atoms with van der Waals surface area (Å²) in [5, 5.41) is 16.3. The van der Waals surface area contributed by atoms with Crippen molar-refractivity contribution in [1.29, 1.82) is 5.26 Å². The zero-order valence-electron chi connectivity index (χ0n) is 9.82. The van der Waals surface area contributed by atoms with Crippen LogP contribution >= 0.6 is 11.3 Å². The smallest absolute Gasteiger partial charge is 0.123 e. The first-order valence-corrected chi connectivity index (χ1v) is 6.64. The van der Waals surface area contributed by atoms with Crippen molar-refractivity contribution in [2.45, 2.75) is 13.0 Å². The average Bonchev–Trinajstić information content (AvgIpc) is 2.88. The van der Waals surface area contributed by atoms with E-state index in [0.717, 1.165) is 13.0 Å². The Bertz CT molecular complexity index is 543. The van der Waals surface area contributed by atoms with Crippen LogP contribution in [0.2, 0.25) is 0 Å². The summed E-state index contributed by atoms with van der Waals surface area (Å²) in [4.78, 5) is 0.